The lowest BCUT2D eigenvalue weighted by Crippen LogP contribution is -2.33. The molecule has 1 fully saturated rings. The fourth-order valence-electron chi connectivity index (χ4n) is 2.21. The quantitative estimate of drug-likeness (QED) is 0.491. The minimum Gasteiger partial charge on any atom is -0.463 e. The van der Waals surface area contributed by atoms with Gasteiger partial charge in [0.2, 0.25) is 0 Å². The zero-order valence-corrected chi connectivity index (χ0v) is 11.9. The van der Waals surface area contributed by atoms with Crippen LogP contribution in [0.3, 0.4) is 0 Å². The highest BCUT2D eigenvalue weighted by Crippen LogP contribution is 2.30. The van der Waals surface area contributed by atoms with E-state index in [0.29, 0.717) is 6.54 Å². The van der Waals surface area contributed by atoms with E-state index in [1.807, 2.05) is 0 Å². The van der Waals surface area contributed by atoms with Gasteiger partial charge in [-0.05, 0) is 25.9 Å². The molecule has 2 amide bonds. The number of nitrogens with zero attached hydrogens (tertiary/aromatic N) is 4. The lowest BCUT2D eigenvalue weighted by atomic mass is 9.97. The van der Waals surface area contributed by atoms with E-state index < -0.39 is 12.0 Å². The number of carbonyl (C=O) groups is 2. The van der Waals surface area contributed by atoms with Crippen molar-refractivity contribution < 1.29 is 19.9 Å². The van der Waals surface area contributed by atoms with Crippen molar-refractivity contribution in [1.29, 1.82) is 5.26 Å². The first-order valence-electron chi connectivity index (χ1n) is 6.34. The van der Waals surface area contributed by atoms with Gasteiger partial charge in [-0.2, -0.15) is 5.26 Å². The summed E-state index contributed by atoms with van der Waals surface area (Å²) >= 11 is 1.28. The molecule has 1 aliphatic rings. The van der Waals surface area contributed by atoms with Gasteiger partial charge in [-0.15, -0.1) is 16.4 Å². The van der Waals surface area contributed by atoms with Crippen LogP contribution in [-0.4, -0.2) is 56.9 Å². The van der Waals surface area contributed by atoms with E-state index in [1.165, 1.54) is 16.7 Å². The Balaban J connectivity index is 2.00. The molecule has 0 aliphatic carbocycles. The third-order valence-corrected chi connectivity index (χ3v) is 4.35. The molecule has 9 heteroatoms. The lowest BCUT2D eigenvalue weighted by molar-refractivity contribution is -0.0400. The first-order chi connectivity index (χ1) is 10.0. The second kappa shape index (κ2) is 6.62. The van der Waals surface area contributed by atoms with E-state index in [0.717, 1.165) is 30.9 Å². The average Bonchev–Trinajstić information content (AvgIpc) is 2.96. The Morgan fingerprint density at radius 2 is 2.19 bits per heavy atom. The largest absolute Gasteiger partial charge is 0.463 e. The van der Waals surface area contributed by atoms with Gasteiger partial charge >= 0.3 is 12.0 Å². The van der Waals surface area contributed by atoms with Gasteiger partial charge in [0.15, 0.2) is 0 Å². The van der Waals surface area contributed by atoms with Crippen molar-refractivity contribution >= 4 is 23.3 Å². The summed E-state index contributed by atoms with van der Waals surface area (Å²) in [7, 11) is 0. The number of hydroxylamine groups is 2. The number of thiazole rings is 1. The molecule has 21 heavy (non-hydrogen) atoms. The first kappa shape index (κ1) is 15.4. The fraction of sp³-hybridized carbons (Fsp3) is 0.500. The van der Waals surface area contributed by atoms with Crippen molar-refractivity contribution in [2.45, 2.75) is 18.8 Å². The Morgan fingerprint density at radius 3 is 2.76 bits per heavy atom. The van der Waals surface area contributed by atoms with Gasteiger partial charge in [0.1, 0.15) is 5.69 Å². The maximum atomic E-state index is 11.6. The van der Waals surface area contributed by atoms with Crippen molar-refractivity contribution in [2.75, 3.05) is 19.6 Å². The molecule has 0 bridgehead atoms. The number of carbonyl (C=O) groups excluding carboxylic acids is 1. The predicted octanol–water partition coefficient (Wildman–Crippen LogP) is 1.36. The third kappa shape index (κ3) is 3.55. The SMILES string of the molecule is N#CCN1CCC(c2nc(C(=O)N(O)C(=O)O)cs2)CC1. The molecule has 1 aromatic rings. The number of imide groups is 1. The van der Waals surface area contributed by atoms with Crippen molar-refractivity contribution in [2.24, 2.45) is 0 Å². The minimum absolute atomic E-state index is 0.0700. The van der Waals surface area contributed by atoms with E-state index in [4.69, 9.17) is 15.6 Å². The molecule has 1 saturated heterocycles. The summed E-state index contributed by atoms with van der Waals surface area (Å²) < 4.78 is 0. The van der Waals surface area contributed by atoms with Crippen molar-refractivity contribution in [3.8, 4) is 6.07 Å². The molecule has 0 unspecified atom stereocenters. The number of piperidine rings is 1. The Morgan fingerprint density at radius 1 is 1.52 bits per heavy atom. The summed E-state index contributed by atoms with van der Waals surface area (Å²) in [5.74, 6) is -0.851. The monoisotopic (exact) mass is 310 g/mol. The van der Waals surface area contributed by atoms with Crippen LogP contribution < -0.4 is 0 Å². The van der Waals surface area contributed by atoms with Crippen molar-refractivity contribution in [1.82, 2.24) is 14.9 Å². The molecular weight excluding hydrogens is 296 g/mol. The van der Waals surface area contributed by atoms with E-state index in [9.17, 15) is 9.59 Å². The minimum atomic E-state index is -1.74. The van der Waals surface area contributed by atoms with E-state index in [-0.39, 0.29) is 16.7 Å². The van der Waals surface area contributed by atoms with Crippen LogP contribution in [0.4, 0.5) is 4.79 Å². The zero-order chi connectivity index (χ0) is 15.4. The van der Waals surface area contributed by atoms with Crippen LogP contribution in [0.15, 0.2) is 5.38 Å². The molecule has 8 nitrogen and oxygen atoms in total. The summed E-state index contributed by atoms with van der Waals surface area (Å²) in [6.07, 6.45) is -0.0609. The molecule has 112 valence electrons. The van der Waals surface area contributed by atoms with Gasteiger partial charge in [0, 0.05) is 11.3 Å². The van der Waals surface area contributed by atoms with Crippen LogP contribution in [0.5, 0.6) is 0 Å². The highest BCUT2D eigenvalue weighted by atomic mass is 32.1. The highest BCUT2D eigenvalue weighted by Gasteiger charge is 2.26. The highest BCUT2D eigenvalue weighted by molar-refractivity contribution is 7.09. The Kier molecular flexibility index (Phi) is 4.85. The van der Waals surface area contributed by atoms with E-state index in [2.05, 4.69) is 16.0 Å². The van der Waals surface area contributed by atoms with Gasteiger partial charge in [0.25, 0.3) is 0 Å². The van der Waals surface area contributed by atoms with Crippen LogP contribution in [0.25, 0.3) is 0 Å². The maximum absolute atomic E-state index is 11.6. The zero-order valence-electron chi connectivity index (χ0n) is 11.1. The summed E-state index contributed by atoms with van der Waals surface area (Å²) in [5.41, 5.74) is -0.0700. The first-order valence-corrected chi connectivity index (χ1v) is 7.22. The van der Waals surface area contributed by atoms with Crippen molar-refractivity contribution in [3.05, 3.63) is 16.1 Å². The molecule has 2 N–H and O–H groups in total. The number of likely N-dealkylation sites (tertiary alicyclic amines) is 1. The van der Waals surface area contributed by atoms with Gasteiger partial charge in [-0.3, -0.25) is 14.9 Å². The summed E-state index contributed by atoms with van der Waals surface area (Å²) in [6.45, 7) is 2.00. The smallest absolute Gasteiger partial charge is 0.439 e. The molecule has 0 spiro atoms. The second-order valence-electron chi connectivity index (χ2n) is 4.68. The van der Waals surface area contributed by atoms with Gasteiger partial charge in [-0.25, -0.2) is 9.78 Å². The third-order valence-electron chi connectivity index (χ3n) is 3.35. The summed E-state index contributed by atoms with van der Waals surface area (Å²) in [4.78, 5) is 28.3. The fourth-order valence-corrected chi connectivity index (χ4v) is 3.17. The summed E-state index contributed by atoms with van der Waals surface area (Å²) in [5, 5.41) is 28.1. The normalized spacial score (nSPS) is 16.4. The van der Waals surface area contributed by atoms with E-state index >= 15 is 0 Å². The molecule has 1 aromatic heterocycles. The van der Waals surface area contributed by atoms with Crippen LogP contribution in [0.1, 0.15) is 34.3 Å². The second-order valence-corrected chi connectivity index (χ2v) is 5.57. The van der Waals surface area contributed by atoms with Crippen LogP contribution in [0.2, 0.25) is 0 Å². The maximum Gasteiger partial charge on any atom is 0.439 e. The van der Waals surface area contributed by atoms with E-state index in [1.54, 1.807) is 0 Å². The van der Waals surface area contributed by atoms with Gasteiger partial charge in [-0.1, -0.05) is 0 Å². The Bertz CT molecular complexity index is 574. The molecule has 0 atom stereocenters. The number of amides is 2. The topological polar surface area (TPSA) is 118 Å². The molecule has 0 saturated carbocycles. The summed E-state index contributed by atoms with van der Waals surface area (Å²) in [6, 6.07) is 2.11. The Hall–Kier alpha value is -2.02. The number of hydrogen-bond donors (Lipinski definition) is 2. The number of nitriles is 1. The van der Waals surface area contributed by atoms with Crippen LogP contribution in [-0.2, 0) is 0 Å². The lowest BCUT2D eigenvalue weighted by Gasteiger charge is -2.28. The van der Waals surface area contributed by atoms with Crippen LogP contribution >= 0.6 is 11.3 Å². The molecule has 0 aromatic carbocycles. The van der Waals surface area contributed by atoms with Gasteiger partial charge < -0.3 is 5.11 Å². The standard InChI is InChI=1S/C12H14N4O4S/c13-3-6-15-4-1-8(2-5-15)10-14-9(7-21-10)11(17)16(20)12(18)19/h7-8,20H,1-2,4-6H2,(H,18,19). The van der Waals surface area contributed by atoms with Crippen molar-refractivity contribution in [3.63, 3.8) is 0 Å². The molecule has 0 radical (unpaired) electrons. The number of hydrogen-bond acceptors (Lipinski definition) is 7. The molecular formula is C12H14N4O4S. The average molecular weight is 310 g/mol. The number of aromatic nitrogens is 1. The van der Waals surface area contributed by atoms with Crippen LogP contribution in [0, 0.1) is 11.3 Å². The molecule has 1 aliphatic heterocycles. The Labute approximate surface area is 124 Å². The molecule has 2 rings (SSSR count). The molecule has 2 heterocycles. The van der Waals surface area contributed by atoms with Gasteiger partial charge in [0.05, 0.1) is 17.6 Å². The predicted molar refractivity (Wildman–Crippen MR) is 72.1 cm³/mol. The number of rotatable bonds is 3. The number of carboxylic acid groups (broad SMARTS) is 1.